The van der Waals surface area contributed by atoms with Gasteiger partial charge >= 0.3 is 0 Å². The van der Waals surface area contributed by atoms with Crippen molar-refractivity contribution >= 4 is 52.9 Å². The maximum absolute atomic E-state index is 12.5. The van der Waals surface area contributed by atoms with E-state index in [1.54, 1.807) is 39.7 Å². The first-order valence-corrected chi connectivity index (χ1v) is 14.6. The lowest BCUT2D eigenvalue weighted by Crippen LogP contribution is -2.44. The normalized spacial score (nSPS) is 14.4. The Balaban J connectivity index is 1.55. The molecule has 0 saturated carbocycles. The van der Waals surface area contributed by atoms with Crippen molar-refractivity contribution in [1.82, 2.24) is 14.9 Å². The zero-order chi connectivity index (χ0) is 25.9. The van der Waals surface area contributed by atoms with Crippen LogP contribution in [0.5, 0.6) is 11.5 Å². The van der Waals surface area contributed by atoms with Gasteiger partial charge in [-0.3, -0.25) is 0 Å². The number of nitrogens with zero attached hydrogens (tertiary/aromatic N) is 4. The highest BCUT2D eigenvalue weighted by molar-refractivity contribution is 7.70. The molecule has 0 amide bonds. The molecule has 0 atom stereocenters. The average Bonchev–Trinajstić information content (AvgIpc) is 2.86. The van der Waals surface area contributed by atoms with Crippen LogP contribution in [0.25, 0.3) is 0 Å². The van der Waals surface area contributed by atoms with Gasteiger partial charge in [-0.25, -0.2) is 4.98 Å². The van der Waals surface area contributed by atoms with Crippen LogP contribution in [0.15, 0.2) is 42.6 Å². The lowest BCUT2D eigenvalue weighted by molar-refractivity contribution is 0.312. The van der Waals surface area contributed by atoms with Crippen molar-refractivity contribution in [3.63, 3.8) is 0 Å². The monoisotopic (exact) mass is 530 g/mol. The summed E-state index contributed by atoms with van der Waals surface area (Å²) in [5.41, 5.74) is 2.51. The van der Waals surface area contributed by atoms with E-state index in [-0.39, 0.29) is 0 Å². The molecule has 0 unspecified atom stereocenters. The maximum Gasteiger partial charge on any atom is 0.229 e. The molecule has 2 heterocycles. The molecule has 0 bridgehead atoms. The van der Waals surface area contributed by atoms with Crippen LogP contribution >= 0.6 is 18.7 Å². The molecular formula is C25H32ClN6O3P. The van der Waals surface area contributed by atoms with Crippen LogP contribution in [0.2, 0.25) is 5.02 Å². The Morgan fingerprint density at radius 1 is 0.944 bits per heavy atom. The molecule has 1 aliphatic rings. The van der Waals surface area contributed by atoms with Crippen LogP contribution in [0.3, 0.4) is 0 Å². The van der Waals surface area contributed by atoms with E-state index in [1.165, 1.54) is 6.20 Å². The quantitative estimate of drug-likeness (QED) is 0.404. The van der Waals surface area contributed by atoms with E-state index >= 15 is 0 Å². The molecular weight excluding hydrogens is 499 g/mol. The summed E-state index contributed by atoms with van der Waals surface area (Å²) in [5, 5.41) is 7.51. The minimum absolute atomic E-state index is 0.348. The fourth-order valence-corrected chi connectivity index (χ4v) is 4.93. The number of methoxy groups -OCH3 is 2. The van der Waals surface area contributed by atoms with E-state index in [0.717, 1.165) is 42.9 Å². The average molecular weight is 531 g/mol. The minimum Gasteiger partial charge on any atom is -0.495 e. The second-order valence-electron chi connectivity index (χ2n) is 9.05. The first kappa shape index (κ1) is 26.1. The lowest BCUT2D eigenvalue weighted by atomic mass is 10.2. The predicted molar refractivity (Wildman–Crippen MR) is 148 cm³/mol. The Morgan fingerprint density at radius 3 is 2.25 bits per heavy atom. The van der Waals surface area contributed by atoms with Crippen molar-refractivity contribution in [2.75, 3.05) is 76.3 Å². The maximum atomic E-state index is 12.5. The molecule has 11 heteroatoms. The number of benzene rings is 2. The van der Waals surface area contributed by atoms with Gasteiger partial charge < -0.3 is 34.5 Å². The van der Waals surface area contributed by atoms with Gasteiger partial charge in [0.25, 0.3) is 0 Å². The van der Waals surface area contributed by atoms with Gasteiger partial charge in [-0.1, -0.05) is 11.6 Å². The fraction of sp³-hybridized carbons (Fsp3) is 0.360. The van der Waals surface area contributed by atoms with Crippen LogP contribution in [0, 0.1) is 0 Å². The topological polar surface area (TPSA) is 91.9 Å². The summed E-state index contributed by atoms with van der Waals surface area (Å²) in [6.07, 6.45) is 1.53. The molecule has 3 aromatic rings. The Morgan fingerprint density at radius 2 is 1.58 bits per heavy atom. The molecule has 0 radical (unpaired) electrons. The SMILES string of the molecule is COc1cc(N2CCN(C)CC2)ccc1Nc1ncc(Cl)c(Nc2ccc(P(C)(C)=O)cc2OC)n1. The largest absolute Gasteiger partial charge is 0.495 e. The second-order valence-corrected chi connectivity index (χ2v) is 12.7. The van der Waals surface area contributed by atoms with E-state index < -0.39 is 7.14 Å². The molecule has 2 aromatic carbocycles. The summed E-state index contributed by atoms with van der Waals surface area (Å²) in [6, 6.07) is 11.4. The highest BCUT2D eigenvalue weighted by Gasteiger charge is 2.18. The fourth-order valence-electron chi connectivity index (χ4n) is 3.93. The number of hydrogen-bond acceptors (Lipinski definition) is 9. The van der Waals surface area contributed by atoms with E-state index in [2.05, 4.69) is 43.5 Å². The van der Waals surface area contributed by atoms with E-state index in [9.17, 15) is 4.57 Å². The third-order valence-corrected chi connectivity index (χ3v) is 7.90. The second kappa shape index (κ2) is 10.9. The van der Waals surface area contributed by atoms with Gasteiger partial charge in [0.15, 0.2) is 5.82 Å². The van der Waals surface area contributed by atoms with Crippen LogP contribution in [-0.2, 0) is 4.57 Å². The molecule has 36 heavy (non-hydrogen) atoms. The van der Waals surface area contributed by atoms with Crippen molar-refractivity contribution in [2.24, 2.45) is 0 Å². The van der Waals surface area contributed by atoms with Crippen molar-refractivity contribution in [2.45, 2.75) is 0 Å². The minimum atomic E-state index is -2.43. The number of ether oxygens (including phenoxy) is 2. The summed E-state index contributed by atoms with van der Waals surface area (Å²) in [4.78, 5) is 13.6. The van der Waals surface area contributed by atoms with Gasteiger partial charge in [-0.15, -0.1) is 0 Å². The summed E-state index contributed by atoms with van der Waals surface area (Å²) in [7, 11) is 2.92. The van der Waals surface area contributed by atoms with E-state index in [4.69, 9.17) is 21.1 Å². The zero-order valence-electron chi connectivity index (χ0n) is 21.2. The summed E-state index contributed by atoms with van der Waals surface area (Å²) in [5.74, 6) is 2.00. The number of piperazine rings is 1. The number of hydrogen-bond donors (Lipinski definition) is 2. The van der Waals surface area contributed by atoms with Crippen molar-refractivity contribution in [3.05, 3.63) is 47.6 Å². The number of anilines is 5. The standard InChI is InChI=1S/C25H32ClN6O3P/c1-31-10-12-32(13-11-31)17-6-8-21(22(14-17)34-2)29-25-27-16-19(26)24(30-25)28-20-9-7-18(36(4,5)33)15-23(20)35-3/h6-9,14-16H,10-13H2,1-5H3,(H2,27,28,29,30). The number of likely N-dealkylation sites (N-methyl/N-ethyl adjacent to an activating group) is 1. The van der Waals surface area contributed by atoms with Gasteiger partial charge in [0.1, 0.15) is 23.7 Å². The van der Waals surface area contributed by atoms with Gasteiger partial charge in [0.2, 0.25) is 5.95 Å². The van der Waals surface area contributed by atoms with Crippen molar-refractivity contribution in [3.8, 4) is 11.5 Å². The number of rotatable bonds is 8. The summed E-state index contributed by atoms with van der Waals surface area (Å²) in [6.45, 7) is 7.45. The van der Waals surface area contributed by atoms with Crippen LogP contribution in [0.4, 0.5) is 28.8 Å². The molecule has 2 N–H and O–H groups in total. The Bertz CT molecular complexity index is 1280. The van der Waals surface area contributed by atoms with Gasteiger partial charge in [-0.2, -0.15) is 4.98 Å². The van der Waals surface area contributed by atoms with E-state index in [1.807, 2.05) is 18.2 Å². The number of halogens is 1. The van der Waals surface area contributed by atoms with Gasteiger partial charge in [0, 0.05) is 43.2 Å². The Kier molecular flexibility index (Phi) is 7.93. The third kappa shape index (κ3) is 6.03. The number of nitrogens with one attached hydrogen (secondary N) is 2. The molecule has 4 rings (SSSR count). The Hall–Kier alpha value is -3.00. The zero-order valence-corrected chi connectivity index (χ0v) is 22.9. The highest BCUT2D eigenvalue weighted by atomic mass is 35.5. The molecule has 192 valence electrons. The summed E-state index contributed by atoms with van der Waals surface area (Å²) < 4.78 is 23.6. The molecule has 1 aromatic heterocycles. The molecule has 1 fully saturated rings. The first-order valence-electron chi connectivity index (χ1n) is 11.6. The molecule has 1 aliphatic heterocycles. The van der Waals surface area contributed by atoms with Crippen LogP contribution < -0.4 is 30.3 Å². The van der Waals surface area contributed by atoms with Crippen molar-refractivity contribution < 1.29 is 14.0 Å². The molecule has 1 saturated heterocycles. The smallest absolute Gasteiger partial charge is 0.229 e. The third-order valence-electron chi connectivity index (χ3n) is 6.10. The lowest BCUT2D eigenvalue weighted by Gasteiger charge is -2.34. The van der Waals surface area contributed by atoms with Gasteiger partial charge in [-0.05, 0) is 50.7 Å². The first-order chi connectivity index (χ1) is 17.2. The number of aromatic nitrogens is 2. The van der Waals surface area contributed by atoms with Gasteiger partial charge in [0.05, 0.1) is 31.8 Å². The Labute approximate surface area is 217 Å². The predicted octanol–water partition coefficient (Wildman–Crippen LogP) is 4.63. The molecule has 0 spiro atoms. The van der Waals surface area contributed by atoms with Crippen LogP contribution in [-0.4, -0.2) is 75.6 Å². The summed E-state index contributed by atoms with van der Waals surface area (Å²) >= 11 is 6.39. The highest BCUT2D eigenvalue weighted by Crippen LogP contribution is 2.38. The molecule has 0 aliphatic carbocycles. The van der Waals surface area contributed by atoms with Crippen LogP contribution in [0.1, 0.15) is 0 Å². The van der Waals surface area contributed by atoms with E-state index in [0.29, 0.717) is 34.0 Å². The van der Waals surface area contributed by atoms with Crippen molar-refractivity contribution in [1.29, 1.82) is 0 Å². The molecule has 9 nitrogen and oxygen atoms in total.